The van der Waals surface area contributed by atoms with Crippen LogP contribution in [0, 0.1) is 20.8 Å². The van der Waals surface area contributed by atoms with Crippen molar-refractivity contribution >= 4 is 11.6 Å². The summed E-state index contributed by atoms with van der Waals surface area (Å²) < 4.78 is 5.33. The average Bonchev–Trinajstić information content (AvgIpc) is 2.37. The van der Waals surface area contributed by atoms with Crippen LogP contribution < -0.4 is 4.74 Å². The highest BCUT2D eigenvalue weighted by Crippen LogP contribution is 2.35. The van der Waals surface area contributed by atoms with Gasteiger partial charge < -0.3 is 9.84 Å². The zero-order valence-electron chi connectivity index (χ0n) is 12.2. The lowest BCUT2D eigenvalue weighted by molar-refractivity contribution is 0.213. The van der Waals surface area contributed by atoms with Crippen molar-refractivity contribution in [2.45, 2.75) is 26.9 Å². The van der Waals surface area contributed by atoms with E-state index >= 15 is 0 Å². The molecule has 0 saturated heterocycles. The van der Waals surface area contributed by atoms with Gasteiger partial charge in [0.05, 0.1) is 7.11 Å². The summed E-state index contributed by atoms with van der Waals surface area (Å²) in [5.74, 6) is 0.601. The molecule has 3 heteroatoms. The zero-order chi connectivity index (χ0) is 14.9. The van der Waals surface area contributed by atoms with Crippen LogP contribution in [-0.4, -0.2) is 12.2 Å². The van der Waals surface area contributed by atoms with Gasteiger partial charge in [-0.15, -0.1) is 0 Å². The van der Waals surface area contributed by atoms with Crippen LogP contribution >= 0.6 is 11.6 Å². The lowest BCUT2D eigenvalue weighted by Crippen LogP contribution is -2.07. The molecular weight excluding hydrogens is 272 g/mol. The molecule has 1 N–H and O–H groups in total. The number of rotatable bonds is 3. The van der Waals surface area contributed by atoms with Gasteiger partial charge >= 0.3 is 0 Å². The largest absolute Gasteiger partial charge is 0.496 e. The van der Waals surface area contributed by atoms with E-state index in [-0.39, 0.29) is 0 Å². The number of ether oxygens (including phenoxy) is 1. The molecule has 2 aromatic rings. The molecule has 0 aliphatic heterocycles. The molecule has 2 aromatic carbocycles. The van der Waals surface area contributed by atoms with E-state index in [1.807, 2.05) is 19.9 Å². The maximum absolute atomic E-state index is 10.7. The second kappa shape index (κ2) is 5.86. The lowest BCUT2D eigenvalue weighted by Gasteiger charge is -2.20. The fourth-order valence-corrected chi connectivity index (χ4v) is 2.85. The first-order valence-corrected chi connectivity index (χ1v) is 6.91. The molecule has 0 bridgehead atoms. The van der Waals surface area contributed by atoms with Gasteiger partial charge in [-0.1, -0.05) is 35.4 Å². The van der Waals surface area contributed by atoms with Gasteiger partial charge in [-0.2, -0.15) is 0 Å². The molecular formula is C17H19ClO2. The fraction of sp³-hybridized carbons (Fsp3) is 0.294. The van der Waals surface area contributed by atoms with E-state index in [2.05, 4.69) is 19.1 Å². The Kier molecular flexibility index (Phi) is 4.36. The molecule has 0 aromatic heterocycles. The minimum Gasteiger partial charge on any atom is -0.496 e. The number of aryl methyl sites for hydroxylation is 3. The molecule has 0 radical (unpaired) electrons. The van der Waals surface area contributed by atoms with Gasteiger partial charge in [-0.3, -0.25) is 0 Å². The maximum atomic E-state index is 10.7. The van der Waals surface area contributed by atoms with Gasteiger partial charge in [0.1, 0.15) is 11.9 Å². The minimum absolute atomic E-state index is 0.593. The molecule has 20 heavy (non-hydrogen) atoms. The number of aliphatic hydroxyl groups excluding tert-OH is 1. The van der Waals surface area contributed by atoms with Crippen molar-refractivity contribution in [2.75, 3.05) is 7.11 Å². The van der Waals surface area contributed by atoms with Crippen LogP contribution in [0.2, 0.25) is 5.02 Å². The Morgan fingerprint density at radius 2 is 1.65 bits per heavy atom. The molecule has 0 fully saturated rings. The van der Waals surface area contributed by atoms with Gasteiger partial charge in [0.2, 0.25) is 0 Å². The Morgan fingerprint density at radius 3 is 2.20 bits per heavy atom. The average molecular weight is 291 g/mol. The Morgan fingerprint density at radius 1 is 1.05 bits per heavy atom. The van der Waals surface area contributed by atoms with E-state index in [9.17, 15) is 5.11 Å². The molecule has 0 amide bonds. The first-order valence-electron chi connectivity index (χ1n) is 6.53. The smallest absolute Gasteiger partial charge is 0.126 e. The van der Waals surface area contributed by atoms with E-state index in [1.165, 1.54) is 5.56 Å². The first-order chi connectivity index (χ1) is 9.43. The van der Waals surface area contributed by atoms with Crippen molar-refractivity contribution in [3.05, 3.63) is 63.2 Å². The normalized spacial score (nSPS) is 12.3. The minimum atomic E-state index is -0.720. The third-order valence-corrected chi connectivity index (χ3v) is 3.74. The molecule has 2 rings (SSSR count). The monoisotopic (exact) mass is 290 g/mol. The number of aliphatic hydroxyl groups is 1. The van der Waals surface area contributed by atoms with Crippen LogP contribution in [0.5, 0.6) is 5.75 Å². The summed E-state index contributed by atoms with van der Waals surface area (Å²) in [7, 11) is 1.58. The number of methoxy groups -OCH3 is 1. The Hall–Kier alpha value is -1.51. The van der Waals surface area contributed by atoms with E-state index in [4.69, 9.17) is 16.3 Å². The topological polar surface area (TPSA) is 29.5 Å². The van der Waals surface area contributed by atoms with Crippen LogP contribution in [0.1, 0.15) is 33.9 Å². The summed E-state index contributed by atoms with van der Waals surface area (Å²) >= 11 is 5.97. The Labute approximate surface area is 125 Å². The lowest BCUT2D eigenvalue weighted by atomic mass is 9.91. The van der Waals surface area contributed by atoms with Crippen LogP contribution in [0.15, 0.2) is 30.3 Å². The molecule has 0 aliphatic rings. The van der Waals surface area contributed by atoms with E-state index < -0.39 is 6.10 Å². The van der Waals surface area contributed by atoms with Crippen LogP contribution in [-0.2, 0) is 0 Å². The van der Waals surface area contributed by atoms with Gasteiger partial charge in [-0.05, 0) is 49.6 Å². The second-order valence-electron chi connectivity index (χ2n) is 5.10. The molecule has 1 unspecified atom stereocenters. The predicted octanol–water partition coefficient (Wildman–Crippen LogP) is 4.36. The third kappa shape index (κ3) is 2.82. The summed E-state index contributed by atoms with van der Waals surface area (Å²) in [5, 5.41) is 11.3. The summed E-state index contributed by atoms with van der Waals surface area (Å²) in [4.78, 5) is 0. The predicted molar refractivity (Wildman–Crippen MR) is 82.7 cm³/mol. The van der Waals surface area contributed by atoms with Crippen LogP contribution in [0.3, 0.4) is 0 Å². The number of benzene rings is 2. The number of hydrogen-bond acceptors (Lipinski definition) is 2. The molecule has 0 spiro atoms. The van der Waals surface area contributed by atoms with Crippen molar-refractivity contribution in [3.63, 3.8) is 0 Å². The van der Waals surface area contributed by atoms with Crippen LogP contribution in [0.25, 0.3) is 0 Å². The highest BCUT2D eigenvalue weighted by Gasteiger charge is 2.19. The molecule has 0 heterocycles. The third-order valence-electron chi connectivity index (χ3n) is 3.50. The summed E-state index contributed by atoms with van der Waals surface area (Å²) in [6, 6.07) is 9.45. The fourth-order valence-electron chi connectivity index (χ4n) is 2.69. The molecule has 0 saturated carbocycles. The molecule has 0 aliphatic carbocycles. The van der Waals surface area contributed by atoms with Crippen LogP contribution in [0.4, 0.5) is 0 Å². The van der Waals surface area contributed by atoms with Gasteiger partial charge in [0.15, 0.2) is 0 Å². The zero-order valence-corrected chi connectivity index (χ0v) is 13.0. The highest BCUT2D eigenvalue weighted by atomic mass is 35.5. The van der Waals surface area contributed by atoms with Crippen molar-refractivity contribution in [1.29, 1.82) is 0 Å². The van der Waals surface area contributed by atoms with Gasteiger partial charge in [0, 0.05) is 10.6 Å². The SMILES string of the molecule is COc1cc(Cl)ccc1C(O)c1c(C)cc(C)cc1C. The van der Waals surface area contributed by atoms with Gasteiger partial charge in [-0.25, -0.2) is 0 Å². The number of hydrogen-bond donors (Lipinski definition) is 1. The summed E-state index contributed by atoms with van der Waals surface area (Å²) in [6.07, 6.45) is -0.720. The van der Waals surface area contributed by atoms with Crippen molar-refractivity contribution in [2.24, 2.45) is 0 Å². The van der Waals surface area contributed by atoms with Crippen molar-refractivity contribution in [3.8, 4) is 5.75 Å². The van der Waals surface area contributed by atoms with Crippen molar-refractivity contribution < 1.29 is 9.84 Å². The molecule has 106 valence electrons. The second-order valence-corrected chi connectivity index (χ2v) is 5.54. The molecule has 1 atom stereocenters. The van der Waals surface area contributed by atoms with Crippen molar-refractivity contribution in [1.82, 2.24) is 0 Å². The van der Waals surface area contributed by atoms with E-state index in [1.54, 1.807) is 19.2 Å². The Balaban J connectivity index is 2.54. The van der Waals surface area contributed by atoms with E-state index in [0.29, 0.717) is 10.8 Å². The Bertz CT molecular complexity index is 612. The maximum Gasteiger partial charge on any atom is 0.126 e. The summed E-state index contributed by atoms with van der Waals surface area (Å²) in [5.41, 5.74) is 5.00. The summed E-state index contributed by atoms with van der Waals surface area (Å²) in [6.45, 7) is 6.08. The molecule has 2 nitrogen and oxygen atoms in total. The van der Waals surface area contributed by atoms with Gasteiger partial charge in [0.25, 0.3) is 0 Å². The standard InChI is InChI=1S/C17H19ClO2/c1-10-7-11(2)16(12(3)8-10)17(19)14-6-5-13(18)9-15(14)20-4/h5-9,17,19H,1-4H3. The first kappa shape index (κ1) is 14.9. The quantitative estimate of drug-likeness (QED) is 0.910. The van der Waals surface area contributed by atoms with E-state index in [0.717, 1.165) is 22.3 Å². The highest BCUT2D eigenvalue weighted by molar-refractivity contribution is 6.30. The number of halogens is 1.